The zero-order valence-electron chi connectivity index (χ0n) is 9.69. The summed E-state index contributed by atoms with van der Waals surface area (Å²) in [6, 6.07) is 0.200. The number of anilines is 1. The van der Waals surface area contributed by atoms with Crippen LogP contribution in [0.2, 0.25) is 5.28 Å². The van der Waals surface area contributed by atoms with Crippen molar-refractivity contribution in [1.82, 2.24) is 9.97 Å². The van der Waals surface area contributed by atoms with Crippen LogP contribution in [0.5, 0.6) is 0 Å². The van der Waals surface area contributed by atoms with Gasteiger partial charge in [-0.25, -0.2) is 9.97 Å². The zero-order valence-corrected chi connectivity index (χ0v) is 10.4. The van der Waals surface area contributed by atoms with Gasteiger partial charge in [0.15, 0.2) is 0 Å². The number of aliphatic hydroxyl groups is 1. The summed E-state index contributed by atoms with van der Waals surface area (Å²) in [4.78, 5) is 10.9. The lowest BCUT2D eigenvalue weighted by atomic mass is 10.2. The maximum atomic E-state index is 9.40. The van der Waals surface area contributed by atoms with Gasteiger partial charge >= 0.3 is 0 Å². The van der Waals surface area contributed by atoms with Gasteiger partial charge in [-0.05, 0) is 43.7 Å². The highest BCUT2D eigenvalue weighted by molar-refractivity contribution is 6.28. The van der Waals surface area contributed by atoms with Crippen LogP contribution in [0.3, 0.4) is 0 Å². The topological polar surface area (TPSA) is 49.2 Å². The van der Waals surface area contributed by atoms with Gasteiger partial charge in [-0.2, -0.15) is 0 Å². The third-order valence-corrected chi connectivity index (χ3v) is 3.91. The highest BCUT2D eigenvalue weighted by Crippen LogP contribution is 2.33. The number of fused-ring (bicyclic) bond motifs is 1. The first-order valence-electron chi connectivity index (χ1n) is 6.22. The van der Waals surface area contributed by atoms with Crippen LogP contribution in [0.1, 0.15) is 30.5 Å². The first kappa shape index (κ1) is 11.2. The van der Waals surface area contributed by atoms with E-state index in [0.717, 1.165) is 50.2 Å². The van der Waals surface area contributed by atoms with Gasteiger partial charge in [-0.15, -0.1) is 0 Å². The molecule has 0 unspecified atom stereocenters. The second-order valence-electron chi connectivity index (χ2n) is 4.77. The Kier molecular flexibility index (Phi) is 2.92. The fourth-order valence-electron chi connectivity index (χ4n) is 2.93. The summed E-state index contributed by atoms with van der Waals surface area (Å²) in [7, 11) is 0. The number of hydrogen-bond donors (Lipinski definition) is 1. The molecule has 2 heterocycles. The van der Waals surface area contributed by atoms with Crippen LogP contribution < -0.4 is 4.90 Å². The molecule has 1 aliphatic heterocycles. The monoisotopic (exact) mass is 253 g/mol. The second-order valence-corrected chi connectivity index (χ2v) is 5.11. The van der Waals surface area contributed by atoms with Crippen LogP contribution in [0.25, 0.3) is 0 Å². The molecule has 1 aliphatic carbocycles. The Morgan fingerprint density at radius 3 is 3.00 bits per heavy atom. The average Bonchev–Trinajstić information content (AvgIpc) is 2.95. The number of aryl methyl sites for hydroxylation is 1. The molecule has 3 rings (SSSR count). The number of aliphatic hydroxyl groups excluding tert-OH is 1. The number of hydrogen-bond acceptors (Lipinski definition) is 4. The minimum absolute atomic E-state index is 0.191. The molecule has 17 heavy (non-hydrogen) atoms. The van der Waals surface area contributed by atoms with Gasteiger partial charge in [-0.1, -0.05) is 0 Å². The largest absolute Gasteiger partial charge is 0.394 e. The van der Waals surface area contributed by atoms with E-state index in [0.29, 0.717) is 5.28 Å². The molecular weight excluding hydrogens is 238 g/mol. The smallest absolute Gasteiger partial charge is 0.224 e. The van der Waals surface area contributed by atoms with E-state index in [1.165, 1.54) is 5.56 Å². The molecule has 1 atom stereocenters. The quantitative estimate of drug-likeness (QED) is 0.813. The summed E-state index contributed by atoms with van der Waals surface area (Å²) in [6.07, 6.45) is 5.32. The van der Waals surface area contributed by atoms with Crippen LogP contribution >= 0.6 is 11.6 Å². The summed E-state index contributed by atoms with van der Waals surface area (Å²) in [6.45, 7) is 1.15. The molecule has 5 heteroatoms. The van der Waals surface area contributed by atoms with Gasteiger partial charge in [0.05, 0.1) is 18.3 Å². The van der Waals surface area contributed by atoms with Crippen molar-refractivity contribution in [2.24, 2.45) is 0 Å². The molecule has 1 saturated heterocycles. The lowest BCUT2D eigenvalue weighted by molar-refractivity contribution is 0.266. The summed E-state index contributed by atoms with van der Waals surface area (Å²) >= 11 is 5.99. The van der Waals surface area contributed by atoms with E-state index in [9.17, 15) is 5.11 Å². The Morgan fingerprint density at radius 2 is 2.18 bits per heavy atom. The fourth-order valence-corrected chi connectivity index (χ4v) is 3.11. The minimum atomic E-state index is 0.191. The van der Waals surface area contributed by atoms with Crippen molar-refractivity contribution >= 4 is 17.4 Å². The van der Waals surface area contributed by atoms with Gasteiger partial charge in [0.1, 0.15) is 5.82 Å². The predicted octanol–water partition coefficient (Wildman–Crippen LogP) is 1.58. The first-order valence-corrected chi connectivity index (χ1v) is 6.60. The zero-order chi connectivity index (χ0) is 11.8. The maximum Gasteiger partial charge on any atom is 0.224 e. The molecule has 4 nitrogen and oxygen atoms in total. The molecule has 2 aliphatic rings. The van der Waals surface area contributed by atoms with E-state index in [2.05, 4.69) is 14.9 Å². The third kappa shape index (κ3) is 1.89. The molecule has 0 bridgehead atoms. The van der Waals surface area contributed by atoms with Gasteiger partial charge in [-0.3, -0.25) is 0 Å². The van der Waals surface area contributed by atoms with E-state index in [-0.39, 0.29) is 12.6 Å². The van der Waals surface area contributed by atoms with Crippen LogP contribution in [-0.2, 0) is 12.8 Å². The van der Waals surface area contributed by atoms with Gasteiger partial charge in [0.25, 0.3) is 0 Å². The average molecular weight is 254 g/mol. The van der Waals surface area contributed by atoms with Crippen LogP contribution in [-0.4, -0.2) is 34.3 Å². The SMILES string of the molecule is OC[C@H]1CCCN1c1nc(Cl)nc2c1CCC2. The van der Waals surface area contributed by atoms with Crippen LogP contribution in [0.15, 0.2) is 0 Å². The van der Waals surface area contributed by atoms with Crippen LogP contribution in [0.4, 0.5) is 5.82 Å². The number of halogens is 1. The summed E-state index contributed by atoms with van der Waals surface area (Å²) in [5, 5.41) is 9.73. The van der Waals surface area contributed by atoms with Crippen molar-refractivity contribution in [2.75, 3.05) is 18.1 Å². The number of rotatable bonds is 2. The van der Waals surface area contributed by atoms with E-state index < -0.39 is 0 Å². The maximum absolute atomic E-state index is 9.40. The van der Waals surface area contributed by atoms with Crippen molar-refractivity contribution in [2.45, 2.75) is 38.1 Å². The molecular formula is C12H16ClN3O. The highest BCUT2D eigenvalue weighted by Gasteiger charge is 2.29. The van der Waals surface area contributed by atoms with E-state index in [4.69, 9.17) is 11.6 Å². The highest BCUT2D eigenvalue weighted by atomic mass is 35.5. The number of aromatic nitrogens is 2. The third-order valence-electron chi connectivity index (χ3n) is 3.74. The Labute approximate surface area is 106 Å². The molecule has 1 fully saturated rings. The number of nitrogens with zero attached hydrogens (tertiary/aromatic N) is 3. The van der Waals surface area contributed by atoms with Crippen molar-refractivity contribution in [3.63, 3.8) is 0 Å². The van der Waals surface area contributed by atoms with E-state index >= 15 is 0 Å². The molecule has 0 amide bonds. The van der Waals surface area contributed by atoms with Crippen molar-refractivity contribution in [3.05, 3.63) is 16.5 Å². The van der Waals surface area contributed by atoms with E-state index in [1.807, 2.05) is 0 Å². The lowest BCUT2D eigenvalue weighted by Crippen LogP contribution is -2.33. The first-order chi connectivity index (χ1) is 8.29. The lowest BCUT2D eigenvalue weighted by Gasteiger charge is -2.26. The van der Waals surface area contributed by atoms with Gasteiger partial charge in [0, 0.05) is 12.1 Å². The molecule has 0 radical (unpaired) electrons. The molecule has 0 spiro atoms. The Bertz CT molecular complexity index is 438. The Hall–Kier alpha value is -0.870. The molecule has 0 aromatic carbocycles. The Balaban J connectivity index is 2.02. The molecule has 92 valence electrons. The minimum Gasteiger partial charge on any atom is -0.394 e. The summed E-state index contributed by atoms with van der Waals surface area (Å²) in [5.41, 5.74) is 2.35. The molecule has 1 aromatic rings. The predicted molar refractivity (Wildman–Crippen MR) is 66.5 cm³/mol. The Morgan fingerprint density at radius 1 is 1.29 bits per heavy atom. The van der Waals surface area contributed by atoms with Crippen molar-refractivity contribution in [1.29, 1.82) is 0 Å². The fraction of sp³-hybridized carbons (Fsp3) is 0.667. The normalized spacial score (nSPS) is 23.2. The molecule has 1 aromatic heterocycles. The summed E-state index contributed by atoms with van der Waals surface area (Å²) in [5.74, 6) is 0.967. The molecule has 0 saturated carbocycles. The van der Waals surface area contributed by atoms with Crippen LogP contribution in [0, 0.1) is 0 Å². The standard InChI is InChI=1S/C12H16ClN3O/c13-12-14-10-5-1-4-9(10)11(15-12)16-6-2-3-8(16)7-17/h8,17H,1-7H2/t8-/m1/s1. The molecule has 1 N–H and O–H groups in total. The summed E-state index contributed by atoms with van der Waals surface area (Å²) < 4.78 is 0. The van der Waals surface area contributed by atoms with Crippen molar-refractivity contribution < 1.29 is 5.11 Å². The van der Waals surface area contributed by atoms with Gasteiger partial charge < -0.3 is 10.0 Å². The van der Waals surface area contributed by atoms with Gasteiger partial charge in [0.2, 0.25) is 5.28 Å². The van der Waals surface area contributed by atoms with E-state index in [1.54, 1.807) is 0 Å². The second kappa shape index (κ2) is 4.42. The van der Waals surface area contributed by atoms with Crippen molar-refractivity contribution in [3.8, 4) is 0 Å².